The molecule has 1 N–H and O–H groups in total. The average molecular weight is 564 g/mol. The Bertz CT molecular complexity index is 1200. The minimum Gasteiger partial charge on any atom is -0.354 e. The molecule has 0 spiro atoms. The summed E-state index contributed by atoms with van der Waals surface area (Å²) < 4.78 is 53.0. The van der Waals surface area contributed by atoms with Crippen LogP contribution in [0.1, 0.15) is 38.7 Å². The van der Waals surface area contributed by atoms with Crippen molar-refractivity contribution < 1.29 is 26.8 Å². The second kappa shape index (κ2) is 13.2. The molecule has 1 atom stereocenters. The highest BCUT2D eigenvalue weighted by Gasteiger charge is 2.32. The third-order valence-corrected chi connectivity index (χ3v) is 7.30. The molecule has 0 saturated heterocycles. The Hall–Kier alpha value is -2.43. The lowest BCUT2D eigenvalue weighted by atomic mass is 10.1. The van der Waals surface area contributed by atoms with Crippen LogP contribution in [0.15, 0.2) is 36.4 Å². The van der Waals surface area contributed by atoms with E-state index in [1.165, 1.54) is 4.90 Å². The molecule has 36 heavy (non-hydrogen) atoms. The normalized spacial score (nSPS) is 12.2. The Morgan fingerprint density at radius 3 is 2.28 bits per heavy atom. The Balaban J connectivity index is 2.45. The van der Waals surface area contributed by atoms with Crippen molar-refractivity contribution >= 4 is 50.7 Å². The van der Waals surface area contributed by atoms with Gasteiger partial charge >= 0.3 is 0 Å². The van der Waals surface area contributed by atoms with E-state index in [4.69, 9.17) is 23.2 Å². The van der Waals surface area contributed by atoms with Crippen LogP contribution in [-0.4, -0.2) is 50.5 Å². The third-order valence-electron chi connectivity index (χ3n) is 5.42. The number of carbonyl (C=O) groups excluding carboxylic acids is 2. The number of nitrogens with one attached hydrogen (secondary N) is 1. The molecule has 2 rings (SSSR count). The lowest BCUT2D eigenvalue weighted by Gasteiger charge is -2.33. The van der Waals surface area contributed by atoms with Crippen molar-refractivity contribution in [3.05, 3.63) is 63.6 Å². The number of hydrogen-bond acceptors (Lipinski definition) is 4. The number of hydrogen-bond donors (Lipinski definition) is 1. The van der Waals surface area contributed by atoms with Crippen molar-refractivity contribution in [3.63, 3.8) is 0 Å². The Morgan fingerprint density at radius 2 is 1.72 bits per heavy atom. The van der Waals surface area contributed by atoms with E-state index in [-0.39, 0.29) is 23.7 Å². The summed E-state index contributed by atoms with van der Waals surface area (Å²) in [6.45, 7) is 3.32. The van der Waals surface area contributed by atoms with Gasteiger partial charge < -0.3 is 10.2 Å². The minimum absolute atomic E-state index is 0.0647. The summed E-state index contributed by atoms with van der Waals surface area (Å²) in [7, 11) is -4.07. The van der Waals surface area contributed by atoms with E-state index in [9.17, 15) is 26.8 Å². The maximum atomic E-state index is 13.8. The van der Waals surface area contributed by atoms with Crippen LogP contribution in [-0.2, 0) is 26.2 Å². The molecule has 0 aromatic heterocycles. The first-order valence-electron chi connectivity index (χ1n) is 11.3. The largest absolute Gasteiger partial charge is 0.354 e. The highest BCUT2D eigenvalue weighted by Crippen LogP contribution is 2.25. The van der Waals surface area contributed by atoms with Crippen LogP contribution < -0.4 is 9.62 Å². The second-order valence-electron chi connectivity index (χ2n) is 8.21. The fourth-order valence-electron chi connectivity index (χ4n) is 3.51. The van der Waals surface area contributed by atoms with Gasteiger partial charge in [-0.15, -0.1) is 0 Å². The van der Waals surface area contributed by atoms with Crippen LogP contribution in [0, 0.1) is 11.6 Å². The molecule has 7 nitrogen and oxygen atoms in total. The molecule has 0 saturated carbocycles. The lowest BCUT2D eigenvalue weighted by Crippen LogP contribution is -2.52. The number of halogens is 4. The molecule has 198 valence electrons. The van der Waals surface area contributed by atoms with E-state index < -0.39 is 46.1 Å². The van der Waals surface area contributed by atoms with Crippen LogP contribution in [0.5, 0.6) is 0 Å². The molecule has 0 fully saturated rings. The summed E-state index contributed by atoms with van der Waals surface area (Å²) in [5.41, 5.74) is 0.343. The van der Waals surface area contributed by atoms with E-state index in [2.05, 4.69) is 5.32 Å². The van der Waals surface area contributed by atoms with Crippen LogP contribution in [0.25, 0.3) is 0 Å². The highest BCUT2D eigenvalue weighted by molar-refractivity contribution is 7.92. The maximum Gasteiger partial charge on any atom is 0.244 e. The van der Waals surface area contributed by atoms with E-state index in [1.807, 2.05) is 6.92 Å². The van der Waals surface area contributed by atoms with Gasteiger partial charge in [-0.05, 0) is 42.7 Å². The van der Waals surface area contributed by atoms with Crippen molar-refractivity contribution in [2.45, 2.75) is 45.7 Å². The molecule has 2 aromatic carbocycles. The number of rotatable bonds is 12. The molecule has 0 unspecified atom stereocenters. The van der Waals surface area contributed by atoms with E-state index >= 15 is 0 Å². The fourth-order valence-corrected chi connectivity index (χ4v) is 4.68. The number of sulfonamides is 1. The molecule has 0 bridgehead atoms. The van der Waals surface area contributed by atoms with Gasteiger partial charge in [-0.1, -0.05) is 49.5 Å². The fraction of sp³-hybridized carbons (Fsp3) is 0.417. The molecule has 12 heteroatoms. The van der Waals surface area contributed by atoms with Gasteiger partial charge in [-0.2, -0.15) is 0 Å². The van der Waals surface area contributed by atoms with Gasteiger partial charge in [0.2, 0.25) is 21.8 Å². The van der Waals surface area contributed by atoms with Crippen molar-refractivity contribution in [2.24, 2.45) is 0 Å². The molecule has 2 amide bonds. The summed E-state index contributed by atoms with van der Waals surface area (Å²) in [6.07, 6.45) is 2.70. The number of unbranched alkanes of at least 4 members (excludes halogenated alkanes) is 1. The molecule has 0 aliphatic carbocycles. The zero-order valence-corrected chi connectivity index (χ0v) is 22.6. The Labute approximate surface area is 220 Å². The lowest BCUT2D eigenvalue weighted by molar-refractivity contribution is -0.140. The predicted molar refractivity (Wildman–Crippen MR) is 138 cm³/mol. The third kappa shape index (κ3) is 8.04. The predicted octanol–water partition coefficient (Wildman–Crippen LogP) is 4.76. The first-order valence-corrected chi connectivity index (χ1v) is 13.9. The number of carbonyl (C=O) groups is 2. The van der Waals surface area contributed by atoms with Crippen molar-refractivity contribution in [1.29, 1.82) is 0 Å². The molecule has 0 radical (unpaired) electrons. The quantitative estimate of drug-likeness (QED) is 0.377. The zero-order valence-electron chi connectivity index (χ0n) is 20.2. The van der Waals surface area contributed by atoms with Gasteiger partial charge in [0.1, 0.15) is 12.6 Å². The summed E-state index contributed by atoms with van der Waals surface area (Å²) in [6, 6.07) is 6.35. The van der Waals surface area contributed by atoms with E-state index in [0.717, 1.165) is 31.2 Å². The van der Waals surface area contributed by atoms with Gasteiger partial charge in [-0.3, -0.25) is 13.9 Å². The van der Waals surface area contributed by atoms with Crippen LogP contribution >= 0.6 is 23.2 Å². The topological polar surface area (TPSA) is 86.8 Å². The van der Waals surface area contributed by atoms with Gasteiger partial charge in [0.25, 0.3) is 0 Å². The maximum absolute atomic E-state index is 13.8. The second-order valence-corrected chi connectivity index (χ2v) is 10.9. The standard InChI is InChI=1S/C24H29Cl2F2N3O4S/c1-4-6-11-29-24(33)22(5-2)30(14-16-7-9-18(25)19(26)12-16)23(32)15-31(36(3,34)35)17-8-10-20(27)21(28)13-17/h7-10,12-13,22H,4-6,11,14-15H2,1-3H3,(H,29,33)/t22-/m1/s1. The molecule has 0 aliphatic rings. The van der Waals surface area contributed by atoms with Gasteiger partial charge in [0.15, 0.2) is 11.6 Å². The number of benzene rings is 2. The van der Waals surface area contributed by atoms with E-state index in [1.54, 1.807) is 25.1 Å². The van der Waals surface area contributed by atoms with Crippen molar-refractivity contribution in [2.75, 3.05) is 23.7 Å². The van der Waals surface area contributed by atoms with Crippen LogP contribution in [0.3, 0.4) is 0 Å². The number of amides is 2. The smallest absolute Gasteiger partial charge is 0.244 e. The van der Waals surface area contributed by atoms with Crippen LogP contribution in [0.2, 0.25) is 10.0 Å². The Morgan fingerprint density at radius 1 is 1.03 bits per heavy atom. The van der Waals surface area contributed by atoms with Crippen molar-refractivity contribution in [1.82, 2.24) is 10.2 Å². The molecular weight excluding hydrogens is 535 g/mol. The first-order chi connectivity index (χ1) is 16.9. The summed E-state index contributed by atoms with van der Waals surface area (Å²) in [5.74, 6) is -3.52. The Kier molecular flexibility index (Phi) is 10.9. The molecule has 2 aromatic rings. The summed E-state index contributed by atoms with van der Waals surface area (Å²) in [4.78, 5) is 27.7. The minimum atomic E-state index is -4.07. The van der Waals surface area contributed by atoms with E-state index in [0.29, 0.717) is 27.5 Å². The van der Waals surface area contributed by atoms with Gasteiger partial charge in [-0.25, -0.2) is 17.2 Å². The monoisotopic (exact) mass is 563 g/mol. The van der Waals surface area contributed by atoms with Gasteiger partial charge in [0.05, 0.1) is 22.0 Å². The molecule has 0 aliphatic heterocycles. The zero-order chi connectivity index (χ0) is 27.0. The number of anilines is 1. The number of nitrogens with zero attached hydrogens (tertiary/aromatic N) is 2. The summed E-state index contributed by atoms with van der Waals surface area (Å²) >= 11 is 12.1. The summed E-state index contributed by atoms with van der Waals surface area (Å²) in [5, 5.41) is 3.36. The van der Waals surface area contributed by atoms with Gasteiger partial charge in [0, 0.05) is 19.2 Å². The first kappa shape index (κ1) is 29.8. The SMILES string of the molecule is CCCCNC(=O)[C@@H](CC)N(Cc1ccc(Cl)c(Cl)c1)C(=O)CN(c1ccc(F)c(F)c1)S(C)(=O)=O. The van der Waals surface area contributed by atoms with Crippen LogP contribution in [0.4, 0.5) is 14.5 Å². The highest BCUT2D eigenvalue weighted by atomic mass is 35.5. The average Bonchev–Trinajstić information content (AvgIpc) is 2.80. The van der Waals surface area contributed by atoms with Crippen molar-refractivity contribution in [3.8, 4) is 0 Å². The molecule has 0 heterocycles. The molecular formula is C24H29Cl2F2N3O4S.